The Morgan fingerprint density at radius 1 is 0.571 bits per heavy atom. The quantitative estimate of drug-likeness (QED) is 0.276. The molecule has 5 radical (unpaired) electrons. The predicted molar refractivity (Wildman–Crippen MR) is 185 cm³/mol. The van der Waals surface area contributed by atoms with Crippen LogP contribution in [-0.4, -0.2) is 0 Å². The molecule has 1 fully saturated rings. The third-order valence-electron chi connectivity index (χ3n) is 8.87. The Balaban J connectivity index is 1.89. The molecule has 0 unspecified atom stereocenters. The fourth-order valence-corrected chi connectivity index (χ4v) is 6.35. The number of hydrogen-bond acceptors (Lipinski definition) is 0. The lowest BCUT2D eigenvalue weighted by atomic mass is 9.83. The number of rotatable bonds is 2. The van der Waals surface area contributed by atoms with Crippen molar-refractivity contribution in [3.8, 4) is 11.1 Å². The zero-order valence-corrected chi connectivity index (χ0v) is 28.1. The van der Waals surface area contributed by atoms with Crippen LogP contribution in [0, 0.1) is 37.0 Å². The van der Waals surface area contributed by atoms with Crippen molar-refractivity contribution in [1.82, 2.24) is 0 Å². The van der Waals surface area contributed by atoms with Crippen molar-refractivity contribution in [1.29, 1.82) is 0 Å². The maximum atomic E-state index is 2.49. The van der Waals surface area contributed by atoms with Gasteiger partial charge in [-0.15, -0.1) is 0 Å². The largest absolute Gasteiger partial charge is 0.0755 e. The Bertz CT molecular complexity index is 1530. The Morgan fingerprint density at radius 2 is 1.12 bits per heavy atom. The van der Waals surface area contributed by atoms with Gasteiger partial charge in [0.15, 0.2) is 0 Å². The van der Waals surface area contributed by atoms with Crippen LogP contribution in [0.3, 0.4) is 0 Å². The van der Waals surface area contributed by atoms with E-state index < -0.39 is 0 Å². The van der Waals surface area contributed by atoms with Gasteiger partial charge in [-0.05, 0) is 115 Å². The zero-order chi connectivity index (χ0) is 30.8. The van der Waals surface area contributed by atoms with Gasteiger partial charge < -0.3 is 0 Å². The smallest absolute Gasteiger partial charge is 0.0579 e. The summed E-state index contributed by atoms with van der Waals surface area (Å²) < 4.78 is 0. The number of allylic oxidation sites excluding steroid dienone is 4. The maximum Gasteiger partial charge on any atom is 0.0755 e. The second-order valence-corrected chi connectivity index (χ2v) is 16.4. The van der Waals surface area contributed by atoms with Crippen molar-refractivity contribution in [2.24, 2.45) is 5.41 Å². The van der Waals surface area contributed by atoms with E-state index in [-0.39, 0.29) is 21.7 Å². The van der Waals surface area contributed by atoms with Crippen LogP contribution >= 0.6 is 0 Å². The van der Waals surface area contributed by atoms with E-state index in [1.807, 2.05) is 0 Å². The normalized spacial score (nSPS) is 18.0. The van der Waals surface area contributed by atoms with Crippen molar-refractivity contribution in [3.05, 3.63) is 126 Å². The average Bonchev–Trinajstić information content (AvgIpc) is 3.49. The van der Waals surface area contributed by atoms with Crippen LogP contribution in [0.2, 0.25) is 0 Å². The molecule has 0 atom stereocenters. The molecule has 0 heterocycles. The second-order valence-electron chi connectivity index (χ2n) is 16.4. The third kappa shape index (κ3) is 5.76. The monoisotopic (exact) mass is 554 g/mol. The lowest BCUT2D eigenvalue weighted by molar-refractivity contribution is 0.568. The fraction of sp³-hybridized carbons (Fsp3) is 0.381. The highest BCUT2D eigenvalue weighted by Gasteiger charge is 2.39. The van der Waals surface area contributed by atoms with Gasteiger partial charge in [-0.25, -0.2) is 0 Å². The van der Waals surface area contributed by atoms with Crippen molar-refractivity contribution >= 4 is 16.7 Å². The molecular formula is C42H50+. The van der Waals surface area contributed by atoms with E-state index in [2.05, 4.69) is 169 Å². The Labute approximate surface area is 257 Å². The van der Waals surface area contributed by atoms with Gasteiger partial charge in [0.05, 0.1) is 16.7 Å². The molecular weight excluding hydrogens is 504 g/mol. The van der Waals surface area contributed by atoms with E-state index in [4.69, 9.17) is 0 Å². The van der Waals surface area contributed by atoms with Gasteiger partial charge in [-0.3, -0.25) is 0 Å². The summed E-state index contributed by atoms with van der Waals surface area (Å²) in [5, 5.41) is 0. The van der Waals surface area contributed by atoms with Crippen LogP contribution in [0.5, 0.6) is 0 Å². The first kappa shape index (κ1) is 30.7. The van der Waals surface area contributed by atoms with Gasteiger partial charge >= 0.3 is 0 Å². The van der Waals surface area contributed by atoms with Crippen LogP contribution in [0.25, 0.3) is 27.8 Å². The molecule has 4 aliphatic rings. The van der Waals surface area contributed by atoms with Crippen LogP contribution in [0.4, 0.5) is 0 Å². The molecule has 0 bridgehead atoms. The van der Waals surface area contributed by atoms with Crippen molar-refractivity contribution in [3.63, 3.8) is 0 Å². The van der Waals surface area contributed by atoms with E-state index >= 15 is 0 Å². The Morgan fingerprint density at radius 3 is 1.67 bits per heavy atom. The summed E-state index contributed by atoms with van der Waals surface area (Å²) >= 11 is 0. The molecule has 0 spiro atoms. The summed E-state index contributed by atoms with van der Waals surface area (Å²) in [6.45, 7) is 27.9. The van der Waals surface area contributed by atoms with E-state index in [0.717, 1.165) is 0 Å². The molecule has 4 aliphatic carbocycles. The summed E-state index contributed by atoms with van der Waals surface area (Å²) in [5.41, 5.74) is 15.1. The molecule has 0 nitrogen and oxygen atoms in total. The number of fused-ring (bicyclic) bond motifs is 2. The van der Waals surface area contributed by atoms with Crippen molar-refractivity contribution < 1.29 is 0 Å². The first-order chi connectivity index (χ1) is 19.4. The minimum atomic E-state index is 0.0165. The highest BCUT2D eigenvalue weighted by atomic mass is 14.4. The second kappa shape index (κ2) is 10.5. The molecule has 0 aromatic heterocycles. The summed E-state index contributed by atoms with van der Waals surface area (Å²) in [7, 11) is 0. The van der Waals surface area contributed by atoms with E-state index in [1.54, 1.807) is 0 Å². The van der Waals surface area contributed by atoms with Crippen LogP contribution in [-0.2, 0) is 16.2 Å². The SMILES string of the molecule is CC(C)(C)C1=C/C(=C(\[C]2[CH][CH][CH][CH]2)c2cc(C(C)(C)C)c3ccc(C(C)(C)C)ccc2-3)[c+]2ccc(C(C)(C)C)ccc21. The molecule has 5 rings (SSSR count). The Kier molecular flexibility index (Phi) is 7.65. The van der Waals surface area contributed by atoms with E-state index in [1.165, 1.54) is 67.1 Å². The summed E-state index contributed by atoms with van der Waals surface area (Å²) in [6, 6.07) is 21.4. The summed E-state index contributed by atoms with van der Waals surface area (Å²) in [4.78, 5) is 0. The van der Waals surface area contributed by atoms with Gasteiger partial charge in [0, 0.05) is 40.2 Å². The van der Waals surface area contributed by atoms with Gasteiger partial charge in [-0.1, -0.05) is 86.6 Å². The molecule has 0 saturated heterocycles. The zero-order valence-electron chi connectivity index (χ0n) is 28.1. The molecule has 217 valence electrons. The topological polar surface area (TPSA) is 0 Å². The molecule has 42 heavy (non-hydrogen) atoms. The third-order valence-corrected chi connectivity index (χ3v) is 8.87. The lowest BCUT2D eigenvalue weighted by Crippen LogP contribution is -2.10. The lowest BCUT2D eigenvalue weighted by Gasteiger charge is -2.19. The molecule has 1 aromatic rings. The van der Waals surface area contributed by atoms with Crippen molar-refractivity contribution in [2.45, 2.75) is 99.3 Å². The van der Waals surface area contributed by atoms with Gasteiger partial charge in [0.2, 0.25) is 0 Å². The average molecular weight is 555 g/mol. The van der Waals surface area contributed by atoms with Gasteiger partial charge in [0.25, 0.3) is 0 Å². The minimum Gasteiger partial charge on any atom is -0.0579 e. The molecule has 0 N–H and O–H groups in total. The van der Waals surface area contributed by atoms with Crippen LogP contribution in [0.15, 0.2) is 60.7 Å². The highest BCUT2D eigenvalue weighted by molar-refractivity contribution is 6.13. The standard InChI is InChI=1S/C42H50/c1-39(2,3)28-17-21-30-32(23-19-28)36(41(7,8)9)25-34(30)38(27-15-13-14-16-27)35-26-37(42(10,11)12)33-24-20-29(40(4,5)6)18-22-31(33)35/h13-26H,1-12H3/q+1/b38-34-. The maximum absolute atomic E-state index is 2.49. The molecule has 0 amide bonds. The minimum absolute atomic E-state index is 0.0165. The predicted octanol–water partition coefficient (Wildman–Crippen LogP) is 11.7. The van der Waals surface area contributed by atoms with Crippen LogP contribution < -0.4 is 0 Å². The highest BCUT2D eigenvalue weighted by Crippen LogP contribution is 2.53. The van der Waals surface area contributed by atoms with Gasteiger partial charge in [0.1, 0.15) is 0 Å². The molecule has 0 heteroatoms. The van der Waals surface area contributed by atoms with E-state index in [9.17, 15) is 0 Å². The van der Waals surface area contributed by atoms with Crippen molar-refractivity contribution in [2.75, 3.05) is 0 Å². The molecule has 1 saturated carbocycles. The van der Waals surface area contributed by atoms with Gasteiger partial charge in [-0.2, -0.15) is 0 Å². The molecule has 0 aliphatic heterocycles. The Hall–Kier alpha value is -2.73. The van der Waals surface area contributed by atoms with Crippen LogP contribution in [0.1, 0.15) is 116 Å². The first-order valence-corrected chi connectivity index (χ1v) is 15.6. The summed E-state index contributed by atoms with van der Waals surface area (Å²) in [6.07, 6.45) is 11.4. The first-order valence-electron chi connectivity index (χ1n) is 15.6. The fourth-order valence-electron chi connectivity index (χ4n) is 6.35. The van der Waals surface area contributed by atoms with E-state index in [0.29, 0.717) is 0 Å². The number of hydrogen-bond donors (Lipinski definition) is 0. The summed E-state index contributed by atoms with van der Waals surface area (Å²) in [5.74, 6) is 1.28. The molecule has 1 aromatic carbocycles.